The predicted octanol–water partition coefficient (Wildman–Crippen LogP) is 2.00. The Labute approximate surface area is 117 Å². The van der Waals surface area contributed by atoms with Gasteiger partial charge in [0.25, 0.3) is 0 Å². The number of carbonyl (C=O) groups is 1. The summed E-state index contributed by atoms with van der Waals surface area (Å²) in [5.41, 5.74) is 0.545. The van der Waals surface area contributed by atoms with Crippen LogP contribution in [0.15, 0.2) is 0 Å². The van der Waals surface area contributed by atoms with Crippen LogP contribution < -0.4 is 5.32 Å². The van der Waals surface area contributed by atoms with Gasteiger partial charge >= 0.3 is 6.03 Å². The molecule has 0 bridgehead atoms. The van der Waals surface area contributed by atoms with Crippen molar-refractivity contribution in [3.63, 3.8) is 0 Å². The van der Waals surface area contributed by atoms with Gasteiger partial charge < -0.3 is 10.2 Å². The lowest BCUT2D eigenvalue weighted by Gasteiger charge is -2.29. The van der Waals surface area contributed by atoms with Crippen LogP contribution in [0.2, 0.25) is 0 Å². The van der Waals surface area contributed by atoms with Gasteiger partial charge in [0, 0.05) is 55.1 Å². The molecule has 0 radical (unpaired) electrons. The van der Waals surface area contributed by atoms with Gasteiger partial charge in [0.15, 0.2) is 0 Å². The highest BCUT2D eigenvalue weighted by Gasteiger charge is 2.48. The van der Waals surface area contributed by atoms with Crippen LogP contribution in [0.4, 0.5) is 4.79 Å². The van der Waals surface area contributed by atoms with Crippen LogP contribution in [0.5, 0.6) is 0 Å². The van der Waals surface area contributed by atoms with Crippen molar-refractivity contribution in [2.75, 3.05) is 26.2 Å². The van der Waals surface area contributed by atoms with Gasteiger partial charge in [0.05, 0.1) is 0 Å². The molecule has 1 saturated carbocycles. The Morgan fingerprint density at radius 1 is 1.18 bits per heavy atom. The van der Waals surface area contributed by atoms with Crippen molar-refractivity contribution in [1.82, 2.24) is 13.3 Å². The Bertz CT molecular complexity index is 311. The fraction of sp³-hybridized carbons (Fsp3) is 0.917. The first kappa shape index (κ1) is 12.0. The number of carbonyl (C=O) groups excluding carboxylic acids is 1. The molecule has 96 valence electrons. The van der Waals surface area contributed by atoms with Crippen LogP contribution in [-0.2, 0) is 0 Å². The first-order valence-electron chi connectivity index (χ1n) is 6.63. The van der Waals surface area contributed by atoms with Crippen molar-refractivity contribution < 1.29 is 4.79 Å². The van der Waals surface area contributed by atoms with E-state index < -0.39 is 0 Å². The topological polar surface area (TPSA) is 35.6 Å². The zero-order chi connectivity index (χ0) is 11.9. The molecule has 1 spiro atoms. The minimum absolute atomic E-state index is 0.181. The summed E-state index contributed by atoms with van der Waals surface area (Å²) in [4.78, 5) is 14.1. The van der Waals surface area contributed by atoms with Gasteiger partial charge in [-0.2, -0.15) is 0 Å². The highest BCUT2D eigenvalue weighted by Crippen LogP contribution is 2.52. The summed E-state index contributed by atoms with van der Waals surface area (Å²) < 4.78 is 2.30. The highest BCUT2D eigenvalue weighted by atomic mass is 127. The SMILES string of the molecule is O=C(NC1CCN(I)CC1)N1CCC2(CC2)C1. The number of hydrogen-bond donors (Lipinski definition) is 1. The number of rotatable bonds is 1. The summed E-state index contributed by atoms with van der Waals surface area (Å²) in [6.45, 7) is 4.16. The van der Waals surface area contributed by atoms with E-state index in [1.807, 2.05) is 4.90 Å². The van der Waals surface area contributed by atoms with Crippen molar-refractivity contribution in [3.05, 3.63) is 0 Å². The number of nitrogens with one attached hydrogen (secondary N) is 1. The summed E-state index contributed by atoms with van der Waals surface area (Å²) in [6.07, 6.45) is 6.09. The third kappa shape index (κ3) is 2.70. The summed E-state index contributed by atoms with van der Waals surface area (Å²) in [7, 11) is 0. The highest BCUT2D eigenvalue weighted by molar-refractivity contribution is 14.1. The number of hydrogen-bond acceptors (Lipinski definition) is 2. The molecule has 3 aliphatic rings. The molecule has 0 unspecified atom stereocenters. The molecule has 0 aromatic rings. The fourth-order valence-electron chi connectivity index (χ4n) is 2.95. The maximum atomic E-state index is 12.1. The van der Waals surface area contributed by atoms with Gasteiger partial charge in [0.1, 0.15) is 0 Å². The van der Waals surface area contributed by atoms with E-state index in [9.17, 15) is 4.79 Å². The maximum absolute atomic E-state index is 12.1. The number of urea groups is 1. The number of likely N-dealkylation sites (tertiary alicyclic amines) is 1. The second kappa shape index (κ2) is 4.57. The van der Waals surface area contributed by atoms with Gasteiger partial charge in [-0.3, -0.25) is 0 Å². The molecule has 0 atom stereocenters. The van der Waals surface area contributed by atoms with E-state index in [4.69, 9.17) is 0 Å². The monoisotopic (exact) mass is 349 g/mol. The molecule has 2 aliphatic heterocycles. The molecule has 0 aromatic carbocycles. The number of nitrogens with zero attached hydrogens (tertiary/aromatic N) is 2. The first-order valence-corrected chi connectivity index (χ1v) is 7.60. The Hall–Kier alpha value is -0.0400. The molecular weight excluding hydrogens is 329 g/mol. The Kier molecular flexibility index (Phi) is 3.23. The molecule has 1 N–H and O–H groups in total. The smallest absolute Gasteiger partial charge is 0.317 e. The van der Waals surface area contributed by atoms with E-state index >= 15 is 0 Å². The Morgan fingerprint density at radius 3 is 2.47 bits per heavy atom. The van der Waals surface area contributed by atoms with Gasteiger partial charge in [0.2, 0.25) is 0 Å². The quantitative estimate of drug-likeness (QED) is 0.581. The average Bonchev–Trinajstić information content (AvgIpc) is 2.92. The van der Waals surface area contributed by atoms with Crippen molar-refractivity contribution in [2.24, 2.45) is 5.41 Å². The van der Waals surface area contributed by atoms with Crippen LogP contribution >= 0.6 is 22.9 Å². The van der Waals surface area contributed by atoms with Gasteiger partial charge in [-0.1, -0.05) is 0 Å². The summed E-state index contributed by atoms with van der Waals surface area (Å²) >= 11 is 2.36. The van der Waals surface area contributed by atoms with E-state index in [2.05, 4.69) is 31.3 Å². The van der Waals surface area contributed by atoms with Gasteiger partial charge in [-0.25, -0.2) is 7.91 Å². The number of halogens is 1. The van der Waals surface area contributed by atoms with E-state index in [0.29, 0.717) is 11.5 Å². The predicted molar refractivity (Wildman–Crippen MR) is 75.0 cm³/mol. The zero-order valence-electron chi connectivity index (χ0n) is 10.1. The molecular formula is C12H20IN3O. The molecule has 0 aromatic heterocycles. The third-order valence-corrected chi connectivity index (χ3v) is 5.42. The van der Waals surface area contributed by atoms with E-state index in [0.717, 1.165) is 39.0 Å². The molecule has 3 fully saturated rings. The second-order valence-electron chi connectivity index (χ2n) is 5.81. The maximum Gasteiger partial charge on any atom is 0.317 e. The van der Waals surface area contributed by atoms with Crippen molar-refractivity contribution in [3.8, 4) is 0 Å². The van der Waals surface area contributed by atoms with E-state index in [1.54, 1.807) is 0 Å². The second-order valence-corrected chi connectivity index (χ2v) is 7.17. The molecule has 2 heterocycles. The van der Waals surface area contributed by atoms with E-state index in [-0.39, 0.29) is 6.03 Å². The van der Waals surface area contributed by atoms with E-state index in [1.165, 1.54) is 19.3 Å². The first-order chi connectivity index (χ1) is 8.17. The summed E-state index contributed by atoms with van der Waals surface area (Å²) in [6, 6.07) is 0.574. The average molecular weight is 349 g/mol. The number of piperidine rings is 1. The zero-order valence-corrected chi connectivity index (χ0v) is 12.3. The van der Waals surface area contributed by atoms with Crippen LogP contribution in [0.1, 0.15) is 32.1 Å². The third-order valence-electron chi connectivity index (χ3n) is 4.45. The summed E-state index contributed by atoms with van der Waals surface area (Å²) in [5, 5.41) is 3.20. The normalized spacial score (nSPS) is 28.6. The lowest BCUT2D eigenvalue weighted by atomic mass is 10.1. The Morgan fingerprint density at radius 2 is 1.88 bits per heavy atom. The molecule has 1 aliphatic carbocycles. The lowest BCUT2D eigenvalue weighted by molar-refractivity contribution is 0.196. The Balaban J connectivity index is 1.47. The van der Waals surface area contributed by atoms with Gasteiger partial charge in [-0.05, 0) is 37.5 Å². The van der Waals surface area contributed by atoms with Crippen LogP contribution in [-0.4, -0.2) is 46.3 Å². The van der Waals surface area contributed by atoms with Crippen LogP contribution in [0, 0.1) is 5.41 Å². The number of amides is 2. The minimum Gasteiger partial charge on any atom is -0.335 e. The summed E-state index contributed by atoms with van der Waals surface area (Å²) in [5.74, 6) is 0. The molecule has 2 saturated heterocycles. The largest absolute Gasteiger partial charge is 0.335 e. The van der Waals surface area contributed by atoms with Crippen LogP contribution in [0.3, 0.4) is 0 Å². The standard InChI is InChI=1S/C12H20IN3O/c13-16-6-1-10(2-7-16)14-11(17)15-8-5-12(9-15)3-4-12/h10H,1-9H2,(H,14,17). The van der Waals surface area contributed by atoms with Crippen molar-refractivity contribution in [1.29, 1.82) is 0 Å². The lowest BCUT2D eigenvalue weighted by Crippen LogP contribution is -2.47. The molecule has 5 heteroatoms. The van der Waals surface area contributed by atoms with Crippen LogP contribution in [0.25, 0.3) is 0 Å². The fourth-order valence-corrected chi connectivity index (χ4v) is 3.51. The molecule has 17 heavy (non-hydrogen) atoms. The minimum atomic E-state index is 0.181. The molecule has 2 amide bonds. The van der Waals surface area contributed by atoms with Crippen molar-refractivity contribution in [2.45, 2.75) is 38.1 Å². The molecule has 3 rings (SSSR count). The van der Waals surface area contributed by atoms with Gasteiger partial charge in [-0.15, -0.1) is 0 Å². The van der Waals surface area contributed by atoms with Crippen molar-refractivity contribution >= 4 is 28.9 Å². The molecule has 4 nitrogen and oxygen atoms in total.